The highest BCUT2D eigenvalue weighted by molar-refractivity contribution is 5.92. The van der Waals surface area contributed by atoms with Gasteiger partial charge in [0.1, 0.15) is 5.69 Å². The van der Waals surface area contributed by atoms with E-state index in [4.69, 9.17) is 0 Å². The Labute approximate surface area is 159 Å². The Morgan fingerprint density at radius 1 is 1.33 bits per heavy atom. The average Bonchev–Trinajstić information content (AvgIpc) is 3.33. The number of carbonyl (C=O) groups is 2. The Hall–Kier alpha value is -2.74. The molecule has 8 nitrogen and oxygen atoms in total. The van der Waals surface area contributed by atoms with Crippen LogP contribution < -0.4 is 5.32 Å². The number of carbonyl (C=O) groups excluding carboxylic acids is 2. The van der Waals surface area contributed by atoms with Gasteiger partial charge in [-0.15, -0.1) is 0 Å². The molecule has 0 bridgehead atoms. The third-order valence-electron chi connectivity index (χ3n) is 4.92. The van der Waals surface area contributed by atoms with Crippen molar-refractivity contribution in [2.24, 2.45) is 0 Å². The molecule has 2 aromatic rings. The second-order valence-electron chi connectivity index (χ2n) is 6.65. The fourth-order valence-electron chi connectivity index (χ4n) is 3.53. The van der Waals surface area contributed by atoms with Gasteiger partial charge in [0.15, 0.2) is 0 Å². The highest BCUT2D eigenvalue weighted by atomic mass is 16.2. The van der Waals surface area contributed by atoms with E-state index in [2.05, 4.69) is 25.2 Å². The van der Waals surface area contributed by atoms with Crippen molar-refractivity contribution in [1.29, 1.82) is 0 Å². The summed E-state index contributed by atoms with van der Waals surface area (Å²) in [6.45, 7) is 6.51. The summed E-state index contributed by atoms with van der Waals surface area (Å²) in [5.74, 6) is -0.105. The molecule has 3 heterocycles. The van der Waals surface area contributed by atoms with Gasteiger partial charge in [-0.1, -0.05) is 6.07 Å². The average molecular weight is 370 g/mol. The minimum atomic E-state index is -0.262. The van der Waals surface area contributed by atoms with Crippen molar-refractivity contribution in [2.75, 3.05) is 19.6 Å². The molecule has 2 amide bonds. The number of aromatic amines is 1. The number of likely N-dealkylation sites (N-methyl/N-ethyl adjacent to an activating group) is 1. The molecule has 2 atom stereocenters. The van der Waals surface area contributed by atoms with Crippen molar-refractivity contribution in [3.8, 4) is 0 Å². The number of amides is 2. The first kappa shape index (κ1) is 19.0. The zero-order valence-electron chi connectivity index (χ0n) is 15.8. The summed E-state index contributed by atoms with van der Waals surface area (Å²) in [5.41, 5.74) is 1.33. The summed E-state index contributed by atoms with van der Waals surface area (Å²) in [6, 6.07) is 4.88. The zero-order valence-corrected chi connectivity index (χ0v) is 15.8. The third kappa shape index (κ3) is 4.51. The van der Waals surface area contributed by atoms with Crippen LogP contribution in [0.5, 0.6) is 0 Å². The van der Waals surface area contributed by atoms with Crippen LogP contribution in [0.2, 0.25) is 0 Å². The maximum Gasteiger partial charge on any atom is 0.270 e. The number of aromatic nitrogens is 3. The predicted molar refractivity (Wildman–Crippen MR) is 101 cm³/mol. The molecule has 1 aliphatic rings. The molecule has 0 aromatic carbocycles. The first-order valence-corrected chi connectivity index (χ1v) is 9.34. The molecule has 144 valence electrons. The van der Waals surface area contributed by atoms with Crippen LogP contribution >= 0.6 is 0 Å². The van der Waals surface area contributed by atoms with E-state index < -0.39 is 0 Å². The first-order chi connectivity index (χ1) is 13.1. The second kappa shape index (κ2) is 8.77. The van der Waals surface area contributed by atoms with Gasteiger partial charge in [0.25, 0.3) is 5.91 Å². The van der Waals surface area contributed by atoms with Gasteiger partial charge >= 0.3 is 0 Å². The van der Waals surface area contributed by atoms with E-state index in [9.17, 15) is 9.59 Å². The number of nitrogens with zero attached hydrogens (tertiary/aromatic N) is 4. The molecule has 1 saturated heterocycles. The van der Waals surface area contributed by atoms with Crippen molar-refractivity contribution in [1.82, 2.24) is 30.1 Å². The van der Waals surface area contributed by atoms with Crippen LogP contribution in [-0.4, -0.2) is 68.3 Å². The monoisotopic (exact) mass is 370 g/mol. The zero-order chi connectivity index (χ0) is 19.2. The van der Waals surface area contributed by atoms with Crippen LogP contribution in [0.15, 0.2) is 36.9 Å². The molecule has 8 heteroatoms. The molecule has 0 saturated carbocycles. The Kier molecular flexibility index (Phi) is 6.18. The number of imidazole rings is 1. The summed E-state index contributed by atoms with van der Waals surface area (Å²) >= 11 is 0. The standard InChI is InChI=1S/C19H26N6O2/c1-3-24(4-2)19(27)17-9-14(11-25(17)12-15-10-20-13-22-15)23-18(26)16-7-5-6-8-21-16/h5-8,10,13-14,17H,3-4,9,11-12H2,1-2H3,(H,20,22)(H,23,26)/t14-,17-/m0/s1. The van der Waals surface area contributed by atoms with Crippen LogP contribution in [0.1, 0.15) is 36.5 Å². The van der Waals surface area contributed by atoms with Crippen molar-refractivity contribution in [2.45, 2.75) is 38.9 Å². The smallest absolute Gasteiger partial charge is 0.270 e. The van der Waals surface area contributed by atoms with Crippen LogP contribution in [0.4, 0.5) is 0 Å². The van der Waals surface area contributed by atoms with E-state index in [0.717, 1.165) is 5.69 Å². The molecule has 0 spiro atoms. The normalized spacial score (nSPS) is 19.8. The van der Waals surface area contributed by atoms with E-state index in [1.807, 2.05) is 18.7 Å². The number of nitrogens with one attached hydrogen (secondary N) is 2. The van der Waals surface area contributed by atoms with E-state index >= 15 is 0 Å². The van der Waals surface area contributed by atoms with Crippen LogP contribution in [0, 0.1) is 0 Å². The highest BCUT2D eigenvalue weighted by Crippen LogP contribution is 2.22. The number of pyridine rings is 1. The van der Waals surface area contributed by atoms with Crippen LogP contribution in [0.3, 0.4) is 0 Å². The van der Waals surface area contributed by atoms with E-state index in [1.54, 1.807) is 36.9 Å². The quantitative estimate of drug-likeness (QED) is 0.760. The maximum atomic E-state index is 13.0. The molecule has 27 heavy (non-hydrogen) atoms. The molecule has 0 radical (unpaired) electrons. The highest BCUT2D eigenvalue weighted by Gasteiger charge is 2.39. The molecule has 0 unspecified atom stereocenters. The SMILES string of the molecule is CCN(CC)C(=O)[C@@H]1C[C@H](NC(=O)c2ccccn2)CN1Cc1cnc[nH]1. The Balaban J connectivity index is 1.72. The van der Waals surface area contributed by atoms with E-state index in [1.165, 1.54) is 0 Å². The van der Waals surface area contributed by atoms with E-state index in [-0.39, 0.29) is 23.9 Å². The van der Waals surface area contributed by atoms with Crippen molar-refractivity contribution < 1.29 is 9.59 Å². The lowest BCUT2D eigenvalue weighted by molar-refractivity contribution is -0.135. The molecular weight excluding hydrogens is 344 g/mol. The lowest BCUT2D eigenvalue weighted by Crippen LogP contribution is -2.45. The molecule has 2 aromatic heterocycles. The lowest BCUT2D eigenvalue weighted by atomic mass is 10.1. The third-order valence-corrected chi connectivity index (χ3v) is 4.92. The van der Waals surface area contributed by atoms with Crippen LogP contribution in [-0.2, 0) is 11.3 Å². The topological polar surface area (TPSA) is 94.2 Å². The fourth-order valence-corrected chi connectivity index (χ4v) is 3.53. The Bertz CT molecular complexity index is 745. The number of rotatable bonds is 7. The van der Waals surface area contributed by atoms with Gasteiger partial charge in [0, 0.05) is 50.3 Å². The van der Waals surface area contributed by atoms with Gasteiger partial charge in [0.05, 0.1) is 12.4 Å². The predicted octanol–water partition coefficient (Wildman–Crippen LogP) is 1.05. The number of hydrogen-bond acceptors (Lipinski definition) is 5. The summed E-state index contributed by atoms with van der Waals surface area (Å²) in [6.07, 6.45) is 5.58. The number of likely N-dealkylation sites (tertiary alicyclic amines) is 1. The Morgan fingerprint density at radius 3 is 2.78 bits per heavy atom. The van der Waals surface area contributed by atoms with Gasteiger partial charge < -0.3 is 15.2 Å². The molecule has 0 aliphatic carbocycles. The van der Waals surface area contributed by atoms with Gasteiger partial charge in [-0.25, -0.2) is 4.98 Å². The first-order valence-electron chi connectivity index (χ1n) is 9.34. The van der Waals surface area contributed by atoms with Crippen LogP contribution in [0.25, 0.3) is 0 Å². The van der Waals surface area contributed by atoms with Gasteiger partial charge in [-0.2, -0.15) is 0 Å². The molecule has 1 fully saturated rings. The fraction of sp³-hybridized carbons (Fsp3) is 0.474. The Morgan fingerprint density at radius 2 is 2.15 bits per heavy atom. The van der Waals surface area contributed by atoms with Gasteiger partial charge in [-0.05, 0) is 32.4 Å². The molecule has 1 aliphatic heterocycles. The second-order valence-corrected chi connectivity index (χ2v) is 6.65. The van der Waals surface area contributed by atoms with Crippen molar-refractivity contribution in [3.63, 3.8) is 0 Å². The molecular formula is C19H26N6O2. The van der Waals surface area contributed by atoms with Gasteiger partial charge in [0.2, 0.25) is 5.91 Å². The number of hydrogen-bond donors (Lipinski definition) is 2. The maximum absolute atomic E-state index is 13.0. The molecule has 2 N–H and O–H groups in total. The minimum absolute atomic E-state index is 0.105. The summed E-state index contributed by atoms with van der Waals surface area (Å²) < 4.78 is 0. The van der Waals surface area contributed by atoms with Crippen molar-refractivity contribution >= 4 is 11.8 Å². The summed E-state index contributed by atoms with van der Waals surface area (Å²) in [7, 11) is 0. The minimum Gasteiger partial charge on any atom is -0.347 e. The van der Waals surface area contributed by atoms with Crippen molar-refractivity contribution in [3.05, 3.63) is 48.3 Å². The molecule has 3 rings (SSSR count). The van der Waals surface area contributed by atoms with E-state index in [0.29, 0.717) is 38.3 Å². The number of H-pyrrole nitrogens is 1. The summed E-state index contributed by atoms with van der Waals surface area (Å²) in [4.78, 5) is 40.6. The lowest BCUT2D eigenvalue weighted by Gasteiger charge is -2.28. The largest absolute Gasteiger partial charge is 0.347 e. The van der Waals surface area contributed by atoms with Gasteiger partial charge in [-0.3, -0.25) is 19.5 Å². The summed E-state index contributed by atoms with van der Waals surface area (Å²) in [5, 5.41) is 3.02.